The predicted molar refractivity (Wildman–Crippen MR) is 110 cm³/mol. The number of ether oxygens (including phenoxy) is 2. The fourth-order valence-corrected chi connectivity index (χ4v) is 5.02. The fraction of sp³-hybridized carbons (Fsp3) is 0.571. The Balaban J connectivity index is 1.35. The average Bonchev–Trinajstić information content (AvgIpc) is 3.26. The lowest BCUT2D eigenvalue weighted by molar-refractivity contribution is -0.131. The molecule has 0 N–H and O–H groups in total. The lowest BCUT2D eigenvalue weighted by Gasteiger charge is -2.41. The molecule has 29 heavy (non-hydrogen) atoms. The molecule has 1 amide bonds. The molecule has 156 valence electrons. The van der Waals surface area contributed by atoms with E-state index in [1.165, 1.54) is 37.4 Å². The summed E-state index contributed by atoms with van der Waals surface area (Å²) >= 11 is 1.29. The van der Waals surface area contributed by atoms with Gasteiger partial charge in [0.1, 0.15) is 11.5 Å². The highest BCUT2D eigenvalue weighted by Crippen LogP contribution is 2.36. The number of amides is 1. The van der Waals surface area contributed by atoms with Crippen LogP contribution >= 0.6 is 11.8 Å². The molecular formula is C21H27N3O4S. The number of thioether (sulfide) groups is 1. The van der Waals surface area contributed by atoms with Gasteiger partial charge in [-0.2, -0.15) is 0 Å². The molecule has 7 nitrogen and oxygen atoms in total. The molecule has 1 aromatic heterocycles. The normalized spacial score (nSPS) is 21.5. The monoisotopic (exact) mass is 417 g/mol. The van der Waals surface area contributed by atoms with Gasteiger partial charge in [-0.1, -0.05) is 31.0 Å². The molecule has 0 bridgehead atoms. The fourth-order valence-electron chi connectivity index (χ4n) is 4.36. The molecule has 0 radical (unpaired) electrons. The number of rotatable bonds is 6. The van der Waals surface area contributed by atoms with E-state index in [2.05, 4.69) is 10.2 Å². The molecule has 2 aromatic rings. The first-order chi connectivity index (χ1) is 14.2. The summed E-state index contributed by atoms with van der Waals surface area (Å²) in [6.45, 7) is 1.78. The van der Waals surface area contributed by atoms with Crippen molar-refractivity contribution in [3.05, 3.63) is 18.2 Å². The van der Waals surface area contributed by atoms with E-state index in [9.17, 15) is 4.79 Å². The second-order valence-corrected chi connectivity index (χ2v) is 8.62. The molecule has 1 saturated heterocycles. The van der Waals surface area contributed by atoms with Crippen molar-refractivity contribution in [2.45, 2.75) is 37.3 Å². The van der Waals surface area contributed by atoms with Gasteiger partial charge in [-0.15, -0.1) is 10.2 Å². The van der Waals surface area contributed by atoms with E-state index >= 15 is 0 Å². The van der Waals surface area contributed by atoms with E-state index in [0.717, 1.165) is 25.4 Å². The summed E-state index contributed by atoms with van der Waals surface area (Å²) in [5.74, 6) is 3.65. The standard InChI is InChI=1S/C21H27N3O4S/c1-26-17-9-16(10-18(11-17)27-2)20-22-23-21(28-20)29-13-19(25)24-8-7-14-5-3-4-6-15(14)12-24/h9-11,14-15H,3-8,12-13H2,1-2H3/t14-,15-/m0/s1. The van der Waals surface area contributed by atoms with Crippen molar-refractivity contribution in [2.75, 3.05) is 33.1 Å². The van der Waals surface area contributed by atoms with Crippen molar-refractivity contribution in [1.29, 1.82) is 0 Å². The quantitative estimate of drug-likeness (QED) is 0.660. The number of carbonyl (C=O) groups is 1. The Morgan fingerprint density at radius 2 is 1.83 bits per heavy atom. The molecule has 1 saturated carbocycles. The number of aromatic nitrogens is 2. The Bertz CT molecular complexity index is 834. The largest absolute Gasteiger partial charge is 0.497 e. The smallest absolute Gasteiger partial charge is 0.277 e. The maximum absolute atomic E-state index is 12.7. The number of hydrogen-bond donors (Lipinski definition) is 0. The van der Waals surface area contributed by atoms with Crippen LogP contribution in [0.4, 0.5) is 0 Å². The summed E-state index contributed by atoms with van der Waals surface area (Å²) in [6.07, 6.45) is 6.39. The highest BCUT2D eigenvalue weighted by molar-refractivity contribution is 7.99. The molecule has 4 rings (SSSR count). The van der Waals surface area contributed by atoms with Crippen molar-refractivity contribution in [1.82, 2.24) is 15.1 Å². The van der Waals surface area contributed by atoms with E-state index in [1.807, 2.05) is 17.0 Å². The van der Waals surface area contributed by atoms with Crippen molar-refractivity contribution in [2.24, 2.45) is 11.8 Å². The number of nitrogens with zero attached hydrogens (tertiary/aromatic N) is 3. The van der Waals surface area contributed by atoms with Crippen molar-refractivity contribution >= 4 is 17.7 Å². The molecule has 1 aromatic carbocycles. The van der Waals surface area contributed by atoms with Gasteiger partial charge in [-0.25, -0.2) is 0 Å². The first-order valence-electron chi connectivity index (χ1n) is 10.1. The second-order valence-electron chi connectivity index (χ2n) is 7.70. The Labute approximate surface area is 175 Å². The first-order valence-corrected chi connectivity index (χ1v) is 11.1. The van der Waals surface area contributed by atoms with Crippen LogP contribution in [-0.4, -0.2) is 54.1 Å². The van der Waals surface area contributed by atoms with Crippen molar-refractivity contribution in [3.8, 4) is 23.0 Å². The molecule has 2 heterocycles. The topological polar surface area (TPSA) is 77.7 Å². The van der Waals surface area contributed by atoms with E-state index in [0.29, 0.717) is 39.8 Å². The van der Waals surface area contributed by atoms with Crippen LogP contribution in [0.5, 0.6) is 11.5 Å². The summed E-state index contributed by atoms with van der Waals surface area (Å²) < 4.78 is 16.3. The summed E-state index contributed by atoms with van der Waals surface area (Å²) in [5.41, 5.74) is 0.714. The molecule has 1 aliphatic heterocycles. The van der Waals surface area contributed by atoms with Crippen LogP contribution in [0.25, 0.3) is 11.5 Å². The number of methoxy groups -OCH3 is 2. The number of fused-ring (bicyclic) bond motifs is 1. The number of piperidine rings is 1. The van der Waals surface area contributed by atoms with Gasteiger partial charge < -0.3 is 18.8 Å². The van der Waals surface area contributed by atoms with Crippen LogP contribution in [0, 0.1) is 11.8 Å². The Morgan fingerprint density at radius 1 is 1.10 bits per heavy atom. The predicted octanol–water partition coefficient (Wildman–Crippen LogP) is 3.88. The summed E-state index contributed by atoms with van der Waals surface area (Å²) in [6, 6.07) is 5.40. The van der Waals surface area contributed by atoms with Gasteiger partial charge in [0.25, 0.3) is 5.22 Å². The van der Waals surface area contributed by atoms with Crippen LogP contribution < -0.4 is 9.47 Å². The molecule has 1 aliphatic carbocycles. The van der Waals surface area contributed by atoms with Gasteiger partial charge in [-0.3, -0.25) is 4.79 Å². The lowest BCUT2D eigenvalue weighted by Crippen LogP contribution is -2.45. The van der Waals surface area contributed by atoms with E-state index in [1.54, 1.807) is 20.3 Å². The van der Waals surface area contributed by atoms with Crippen molar-refractivity contribution in [3.63, 3.8) is 0 Å². The van der Waals surface area contributed by atoms with Gasteiger partial charge in [0.05, 0.1) is 20.0 Å². The molecule has 0 unspecified atom stereocenters. The number of likely N-dealkylation sites (tertiary alicyclic amines) is 1. The van der Waals surface area contributed by atoms with Crippen LogP contribution in [0.1, 0.15) is 32.1 Å². The van der Waals surface area contributed by atoms with E-state index in [-0.39, 0.29) is 5.91 Å². The molecule has 2 fully saturated rings. The maximum Gasteiger partial charge on any atom is 0.277 e. The minimum absolute atomic E-state index is 0.154. The SMILES string of the molecule is COc1cc(OC)cc(-c2nnc(SCC(=O)N3CC[C@@H]4CCCC[C@H]4C3)o2)c1. The van der Waals surface area contributed by atoms with E-state index in [4.69, 9.17) is 13.9 Å². The van der Waals surface area contributed by atoms with Crippen molar-refractivity contribution < 1.29 is 18.7 Å². The van der Waals surface area contributed by atoms with Crippen LogP contribution in [0.3, 0.4) is 0 Å². The first kappa shape index (κ1) is 20.1. The van der Waals surface area contributed by atoms with E-state index < -0.39 is 0 Å². The third kappa shape index (κ3) is 4.69. The van der Waals surface area contributed by atoms with Gasteiger partial charge in [0.15, 0.2) is 0 Å². The van der Waals surface area contributed by atoms with Gasteiger partial charge in [-0.05, 0) is 36.8 Å². The highest BCUT2D eigenvalue weighted by atomic mass is 32.2. The zero-order valence-corrected chi connectivity index (χ0v) is 17.7. The Morgan fingerprint density at radius 3 is 2.55 bits per heavy atom. The van der Waals surface area contributed by atoms with Crippen LogP contribution in [-0.2, 0) is 4.79 Å². The molecule has 0 spiro atoms. The average molecular weight is 418 g/mol. The van der Waals surface area contributed by atoms with Crippen LogP contribution in [0.15, 0.2) is 27.8 Å². The minimum atomic E-state index is 0.154. The molecule has 2 atom stereocenters. The summed E-state index contributed by atoms with van der Waals surface area (Å²) in [7, 11) is 3.19. The Kier molecular flexibility index (Phi) is 6.28. The summed E-state index contributed by atoms with van der Waals surface area (Å²) in [4.78, 5) is 14.7. The van der Waals surface area contributed by atoms with Gasteiger partial charge in [0, 0.05) is 24.7 Å². The zero-order valence-electron chi connectivity index (χ0n) is 16.9. The number of carbonyl (C=O) groups excluding carboxylic acids is 1. The zero-order chi connectivity index (χ0) is 20.2. The lowest BCUT2D eigenvalue weighted by atomic mass is 9.75. The highest BCUT2D eigenvalue weighted by Gasteiger charge is 2.32. The maximum atomic E-state index is 12.7. The second kappa shape index (κ2) is 9.07. The van der Waals surface area contributed by atoms with Gasteiger partial charge in [0.2, 0.25) is 11.8 Å². The third-order valence-corrected chi connectivity index (χ3v) is 6.77. The number of benzene rings is 1. The summed E-state index contributed by atoms with van der Waals surface area (Å²) in [5, 5.41) is 8.58. The third-order valence-electron chi connectivity index (χ3n) is 5.97. The molecule has 2 aliphatic rings. The molecular weight excluding hydrogens is 390 g/mol. The molecule has 8 heteroatoms. The minimum Gasteiger partial charge on any atom is -0.497 e. The number of hydrogen-bond acceptors (Lipinski definition) is 7. The van der Waals surface area contributed by atoms with Gasteiger partial charge >= 0.3 is 0 Å². The van der Waals surface area contributed by atoms with Crippen LogP contribution in [0.2, 0.25) is 0 Å². The Hall–Kier alpha value is -2.22.